The van der Waals surface area contributed by atoms with Gasteiger partial charge in [-0.25, -0.2) is 4.39 Å². The highest BCUT2D eigenvalue weighted by molar-refractivity contribution is 5.78. The maximum Gasteiger partial charge on any atom is 0.224 e. The van der Waals surface area contributed by atoms with Gasteiger partial charge in [0.25, 0.3) is 0 Å². The minimum Gasteiger partial charge on any atom is -0.356 e. The number of benzene rings is 1. The zero-order valence-corrected chi connectivity index (χ0v) is 10.6. The monoisotopic (exact) mass is 252 g/mol. The van der Waals surface area contributed by atoms with Crippen LogP contribution in [0.2, 0.25) is 0 Å². The van der Waals surface area contributed by atoms with Crippen LogP contribution in [0, 0.1) is 5.82 Å². The number of halogens is 1. The van der Waals surface area contributed by atoms with Gasteiger partial charge < -0.3 is 11.1 Å². The number of unbranched alkanes of at least 4 members (excludes halogenated alkanes) is 3. The van der Waals surface area contributed by atoms with Gasteiger partial charge in [-0.15, -0.1) is 0 Å². The first-order chi connectivity index (χ1) is 8.74. The van der Waals surface area contributed by atoms with E-state index in [0.717, 1.165) is 32.2 Å². The summed E-state index contributed by atoms with van der Waals surface area (Å²) in [6.07, 6.45) is 4.25. The smallest absolute Gasteiger partial charge is 0.224 e. The van der Waals surface area contributed by atoms with Crippen molar-refractivity contribution in [3.63, 3.8) is 0 Å². The number of amides is 1. The van der Waals surface area contributed by atoms with E-state index in [0.29, 0.717) is 12.1 Å². The zero-order valence-electron chi connectivity index (χ0n) is 10.6. The molecule has 100 valence electrons. The number of rotatable bonds is 8. The second-order valence-electron chi connectivity index (χ2n) is 4.32. The molecule has 1 amide bonds. The largest absolute Gasteiger partial charge is 0.356 e. The number of hydrogen-bond donors (Lipinski definition) is 2. The van der Waals surface area contributed by atoms with Crippen molar-refractivity contribution < 1.29 is 9.18 Å². The van der Waals surface area contributed by atoms with E-state index in [2.05, 4.69) is 5.32 Å². The molecule has 3 N–H and O–H groups in total. The highest BCUT2D eigenvalue weighted by atomic mass is 19.1. The average Bonchev–Trinajstić information content (AvgIpc) is 2.36. The van der Waals surface area contributed by atoms with Gasteiger partial charge in [-0.05, 0) is 31.0 Å². The normalized spacial score (nSPS) is 10.3. The van der Waals surface area contributed by atoms with Crippen molar-refractivity contribution in [2.45, 2.75) is 32.1 Å². The molecule has 1 aromatic carbocycles. The maximum absolute atomic E-state index is 13.3. The molecule has 0 bridgehead atoms. The van der Waals surface area contributed by atoms with Crippen LogP contribution in [0.4, 0.5) is 4.39 Å². The molecule has 0 heterocycles. The maximum atomic E-state index is 13.3. The van der Waals surface area contributed by atoms with E-state index in [1.54, 1.807) is 18.2 Å². The van der Waals surface area contributed by atoms with Gasteiger partial charge in [-0.3, -0.25) is 4.79 Å². The van der Waals surface area contributed by atoms with Crippen LogP contribution < -0.4 is 11.1 Å². The fraction of sp³-hybridized carbons (Fsp3) is 0.500. The lowest BCUT2D eigenvalue weighted by molar-refractivity contribution is -0.120. The quantitative estimate of drug-likeness (QED) is 0.695. The lowest BCUT2D eigenvalue weighted by Gasteiger charge is -2.05. The van der Waals surface area contributed by atoms with Crippen molar-refractivity contribution in [3.8, 4) is 0 Å². The molecule has 3 nitrogen and oxygen atoms in total. The van der Waals surface area contributed by atoms with Crippen molar-refractivity contribution >= 4 is 5.91 Å². The van der Waals surface area contributed by atoms with Gasteiger partial charge in [-0.1, -0.05) is 31.0 Å². The van der Waals surface area contributed by atoms with Gasteiger partial charge >= 0.3 is 0 Å². The molecule has 0 unspecified atom stereocenters. The number of nitrogens with one attached hydrogen (secondary N) is 1. The Morgan fingerprint density at radius 2 is 1.89 bits per heavy atom. The van der Waals surface area contributed by atoms with Crippen LogP contribution in [0.3, 0.4) is 0 Å². The molecule has 0 aromatic heterocycles. The van der Waals surface area contributed by atoms with Crippen LogP contribution in [0.25, 0.3) is 0 Å². The van der Waals surface area contributed by atoms with Crippen LogP contribution in [0.1, 0.15) is 31.2 Å². The second-order valence-corrected chi connectivity index (χ2v) is 4.32. The third-order valence-electron chi connectivity index (χ3n) is 2.76. The summed E-state index contributed by atoms with van der Waals surface area (Å²) < 4.78 is 13.3. The molecule has 0 aliphatic carbocycles. The number of carbonyl (C=O) groups excluding carboxylic acids is 1. The van der Waals surface area contributed by atoms with Gasteiger partial charge in [0, 0.05) is 6.54 Å². The average molecular weight is 252 g/mol. The molecule has 0 spiro atoms. The molecule has 0 saturated carbocycles. The Balaban J connectivity index is 2.16. The molecule has 0 saturated heterocycles. The van der Waals surface area contributed by atoms with Gasteiger partial charge in [0.15, 0.2) is 0 Å². The molecule has 1 aromatic rings. The Morgan fingerprint density at radius 3 is 2.61 bits per heavy atom. The molecule has 1 rings (SSSR count). The fourth-order valence-corrected chi connectivity index (χ4v) is 1.73. The van der Waals surface area contributed by atoms with Crippen LogP contribution in [0.15, 0.2) is 24.3 Å². The number of nitrogens with two attached hydrogens (primary N) is 1. The number of hydrogen-bond acceptors (Lipinski definition) is 2. The Hall–Kier alpha value is -1.42. The summed E-state index contributed by atoms with van der Waals surface area (Å²) in [4.78, 5) is 11.6. The summed E-state index contributed by atoms with van der Waals surface area (Å²) in [5.74, 6) is -0.450. The lowest BCUT2D eigenvalue weighted by atomic mass is 10.1. The van der Waals surface area contributed by atoms with Gasteiger partial charge in [-0.2, -0.15) is 0 Å². The molecule has 0 radical (unpaired) electrons. The second kappa shape index (κ2) is 8.64. The first-order valence-electron chi connectivity index (χ1n) is 6.44. The van der Waals surface area contributed by atoms with Crippen molar-refractivity contribution in [1.29, 1.82) is 0 Å². The molecule has 0 fully saturated rings. The Labute approximate surface area is 108 Å². The number of carbonyl (C=O) groups is 1. The summed E-state index contributed by atoms with van der Waals surface area (Å²) in [5, 5.41) is 2.80. The van der Waals surface area contributed by atoms with Crippen molar-refractivity contribution in [3.05, 3.63) is 35.6 Å². The van der Waals surface area contributed by atoms with E-state index in [4.69, 9.17) is 5.73 Å². The zero-order chi connectivity index (χ0) is 13.2. The van der Waals surface area contributed by atoms with Crippen LogP contribution in [0.5, 0.6) is 0 Å². The lowest BCUT2D eigenvalue weighted by Crippen LogP contribution is -2.26. The van der Waals surface area contributed by atoms with E-state index in [1.165, 1.54) is 6.07 Å². The first-order valence-corrected chi connectivity index (χ1v) is 6.44. The highest BCUT2D eigenvalue weighted by Crippen LogP contribution is 2.06. The van der Waals surface area contributed by atoms with E-state index in [9.17, 15) is 9.18 Å². The highest BCUT2D eigenvalue weighted by Gasteiger charge is 2.06. The van der Waals surface area contributed by atoms with Crippen LogP contribution in [-0.2, 0) is 11.2 Å². The summed E-state index contributed by atoms with van der Waals surface area (Å²) >= 11 is 0. The molecule has 18 heavy (non-hydrogen) atoms. The summed E-state index contributed by atoms with van der Waals surface area (Å²) in [6, 6.07) is 6.36. The fourth-order valence-electron chi connectivity index (χ4n) is 1.73. The summed E-state index contributed by atoms with van der Waals surface area (Å²) in [6.45, 7) is 1.37. The third kappa shape index (κ3) is 5.77. The topological polar surface area (TPSA) is 55.1 Å². The van der Waals surface area contributed by atoms with Crippen molar-refractivity contribution in [2.75, 3.05) is 13.1 Å². The first kappa shape index (κ1) is 14.6. The van der Waals surface area contributed by atoms with Crippen molar-refractivity contribution in [2.24, 2.45) is 5.73 Å². The molecule has 4 heteroatoms. The van der Waals surface area contributed by atoms with E-state index in [1.807, 2.05) is 0 Å². The SMILES string of the molecule is NCCCCCCNC(=O)Cc1ccccc1F. The summed E-state index contributed by atoms with van der Waals surface area (Å²) in [7, 11) is 0. The van der Waals surface area contributed by atoms with Gasteiger partial charge in [0.05, 0.1) is 6.42 Å². The van der Waals surface area contributed by atoms with Crippen molar-refractivity contribution in [1.82, 2.24) is 5.32 Å². The predicted octanol–water partition coefficient (Wildman–Crippen LogP) is 2.00. The Kier molecular flexibility index (Phi) is 7.03. The van der Waals surface area contributed by atoms with Gasteiger partial charge in [0.2, 0.25) is 5.91 Å². The third-order valence-corrected chi connectivity index (χ3v) is 2.76. The van der Waals surface area contributed by atoms with Crippen LogP contribution >= 0.6 is 0 Å². The minimum atomic E-state index is -0.324. The molecule has 0 aliphatic rings. The van der Waals surface area contributed by atoms with E-state index < -0.39 is 0 Å². The molecule has 0 aliphatic heterocycles. The van der Waals surface area contributed by atoms with E-state index >= 15 is 0 Å². The molecular weight excluding hydrogens is 231 g/mol. The Bertz CT molecular complexity index is 369. The van der Waals surface area contributed by atoms with Gasteiger partial charge in [0.1, 0.15) is 5.82 Å². The predicted molar refractivity (Wildman–Crippen MR) is 70.6 cm³/mol. The summed E-state index contributed by atoms with van der Waals surface area (Å²) in [5.41, 5.74) is 5.83. The minimum absolute atomic E-state index is 0.107. The molecular formula is C14H21FN2O. The van der Waals surface area contributed by atoms with Crippen LogP contribution in [-0.4, -0.2) is 19.0 Å². The Morgan fingerprint density at radius 1 is 1.17 bits per heavy atom. The standard InChI is InChI=1S/C14H21FN2O/c15-13-8-4-3-7-12(13)11-14(18)17-10-6-2-1-5-9-16/h3-4,7-8H,1-2,5-6,9-11,16H2,(H,17,18). The van der Waals surface area contributed by atoms with E-state index in [-0.39, 0.29) is 18.1 Å². The molecule has 0 atom stereocenters.